The summed E-state index contributed by atoms with van der Waals surface area (Å²) in [4.78, 5) is 37.8. The number of ether oxygens (including phenoxy) is 1. The molecule has 188 valence electrons. The minimum atomic E-state index is -0.938. The summed E-state index contributed by atoms with van der Waals surface area (Å²) in [5.74, 6) is -1.10. The first-order chi connectivity index (χ1) is 16.0. The second-order valence-corrected chi connectivity index (χ2v) is 10.8. The minimum Gasteiger partial charge on any atom is -0.480 e. The van der Waals surface area contributed by atoms with E-state index in [0.717, 1.165) is 37.7 Å². The number of carboxylic acids is 1. The molecule has 2 amide bonds. The molecule has 1 aliphatic carbocycles. The highest BCUT2D eigenvalue weighted by Crippen LogP contribution is 2.40. The molecule has 0 radical (unpaired) electrons. The topological polar surface area (TPSA) is 108 Å². The molecule has 3 N–H and O–H groups in total. The van der Waals surface area contributed by atoms with Gasteiger partial charge in [0.05, 0.1) is 6.54 Å². The number of nitrogens with zero attached hydrogens (tertiary/aromatic N) is 1. The number of carboxylic acid groups (broad SMARTS) is 1. The number of hydrogen-bond donors (Lipinski definition) is 3. The van der Waals surface area contributed by atoms with E-state index >= 15 is 0 Å². The van der Waals surface area contributed by atoms with E-state index in [1.807, 2.05) is 45.0 Å². The predicted molar refractivity (Wildman–Crippen MR) is 130 cm³/mol. The maximum absolute atomic E-state index is 12.6. The number of aliphatic carboxylic acids is 1. The van der Waals surface area contributed by atoms with Crippen LogP contribution in [0.5, 0.6) is 0 Å². The third-order valence-electron chi connectivity index (χ3n) is 6.75. The van der Waals surface area contributed by atoms with Crippen molar-refractivity contribution in [3.8, 4) is 0 Å². The molecule has 1 atom stereocenters. The number of benzene rings is 1. The van der Waals surface area contributed by atoms with E-state index in [4.69, 9.17) is 16.3 Å². The van der Waals surface area contributed by atoms with Crippen LogP contribution in [0, 0.1) is 0 Å². The standard InChI is InChI=1S/C25H36ClN3O5/c1-24(2,3)34-23(33)28-16-25(17-6-4-7-18(26)14-17)11-9-19(10-12-25)27-15-21(30)29-13-5-8-20(29)22(31)32/h4,6-7,14,19-20,27H,5,8-13,15-16H2,1-3H3,(H,28,33)(H,31,32). The van der Waals surface area contributed by atoms with Gasteiger partial charge in [-0.3, -0.25) is 4.79 Å². The molecule has 1 aromatic rings. The third kappa shape index (κ3) is 6.85. The summed E-state index contributed by atoms with van der Waals surface area (Å²) in [5.41, 5.74) is 0.218. The lowest BCUT2D eigenvalue weighted by Crippen LogP contribution is -2.49. The molecule has 3 rings (SSSR count). The highest BCUT2D eigenvalue weighted by atomic mass is 35.5. The summed E-state index contributed by atoms with van der Waals surface area (Å²) in [6.45, 7) is 6.56. The van der Waals surface area contributed by atoms with Gasteiger partial charge >= 0.3 is 12.1 Å². The molecule has 0 spiro atoms. The van der Waals surface area contributed by atoms with Crippen LogP contribution >= 0.6 is 11.6 Å². The fourth-order valence-corrected chi connectivity index (χ4v) is 5.16. The summed E-state index contributed by atoms with van der Waals surface area (Å²) < 4.78 is 5.42. The number of hydrogen-bond acceptors (Lipinski definition) is 5. The SMILES string of the molecule is CC(C)(C)OC(=O)NCC1(c2cccc(Cl)c2)CCC(NCC(=O)N2CCCC2C(=O)O)CC1. The zero-order valence-corrected chi connectivity index (χ0v) is 21.0. The Kier molecular flexibility index (Phi) is 8.47. The molecule has 2 fully saturated rings. The Labute approximate surface area is 206 Å². The van der Waals surface area contributed by atoms with Crippen LogP contribution in [0.25, 0.3) is 0 Å². The van der Waals surface area contributed by atoms with Gasteiger partial charge in [0.15, 0.2) is 0 Å². The molecule has 2 aliphatic rings. The summed E-state index contributed by atoms with van der Waals surface area (Å²) in [6.07, 6.45) is 4.03. The molecule has 0 bridgehead atoms. The molecule has 1 aromatic carbocycles. The van der Waals surface area contributed by atoms with Crippen molar-refractivity contribution in [1.29, 1.82) is 0 Å². The largest absolute Gasteiger partial charge is 0.480 e. The fourth-order valence-electron chi connectivity index (χ4n) is 4.97. The second-order valence-electron chi connectivity index (χ2n) is 10.4. The molecule has 1 unspecified atom stereocenters. The van der Waals surface area contributed by atoms with E-state index < -0.39 is 23.7 Å². The molecule has 1 saturated heterocycles. The Balaban J connectivity index is 1.60. The Hall–Kier alpha value is -2.32. The molecular formula is C25H36ClN3O5. The number of likely N-dealkylation sites (tertiary alicyclic amines) is 1. The van der Waals surface area contributed by atoms with Crippen LogP contribution in [0.15, 0.2) is 24.3 Å². The monoisotopic (exact) mass is 493 g/mol. The molecule has 1 aliphatic heterocycles. The van der Waals surface area contributed by atoms with Crippen molar-refractivity contribution in [2.75, 3.05) is 19.6 Å². The number of carbonyl (C=O) groups is 3. The van der Waals surface area contributed by atoms with E-state index in [2.05, 4.69) is 10.6 Å². The lowest BCUT2D eigenvalue weighted by molar-refractivity contribution is -0.147. The van der Waals surface area contributed by atoms with Crippen molar-refractivity contribution in [2.24, 2.45) is 0 Å². The average Bonchev–Trinajstić information content (AvgIpc) is 3.26. The van der Waals surface area contributed by atoms with Gasteiger partial charge in [-0.1, -0.05) is 23.7 Å². The van der Waals surface area contributed by atoms with Gasteiger partial charge in [-0.05, 0) is 77.0 Å². The van der Waals surface area contributed by atoms with Crippen LogP contribution in [0.1, 0.15) is 64.9 Å². The summed E-state index contributed by atoms with van der Waals surface area (Å²) in [6, 6.07) is 7.18. The van der Waals surface area contributed by atoms with E-state index in [-0.39, 0.29) is 23.9 Å². The molecule has 1 heterocycles. The number of nitrogens with one attached hydrogen (secondary N) is 2. The zero-order valence-electron chi connectivity index (χ0n) is 20.2. The van der Waals surface area contributed by atoms with Crippen molar-refractivity contribution in [2.45, 2.75) is 82.4 Å². The quantitative estimate of drug-likeness (QED) is 0.534. The van der Waals surface area contributed by atoms with Gasteiger partial charge in [0.2, 0.25) is 5.91 Å². The van der Waals surface area contributed by atoms with Crippen molar-refractivity contribution in [3.63, 3.8) is 0 Å². The van der Waals surface area contributed by atoms with Crippen molar-refractivity contribution < 1.29 is 24.2 Å². The lowest BCUT2D eigenvalue weighted by atomic mass is 9.68. The maximum atomic E-state index is 12.6. The first-order valence-electron chi connectivity index (χ1n) is 12.0. The first-order valence-corrected chi connectivity index (χ1v) is 12.4. The van der Waals surface area contributed by atoms with Crippen molar-refractivity contribution in [1.82, 2.24) is 15.5 Å². The average molecular weight is 494 g/mol. The van der Waals surface area contributed by atoms with Gasteiger partial charge in [0.1, 0.15) is 11.6 Å². The first kappa shape index (κ1) is 26.3. The van der Waals surface area contributed by atoms with Crippen LogP contribution in [0.4, 0.5) is 4.79 Å². The third-order valence-corrected chi connectivity index (χ3v) is 6.98. The number of amides is 2. The zero-order chi connectivity index (χ0) is 24.9. The van der Waals surface area contributed by atoms with Crippen LogP contribution in [-0.4, -0.2) is 65.3 Å². The summed E-state index contributed by atoms with van der Waals surface area (Å²) in [5, 5.41) is 16.3. The van der Waals surface area contributed by atoms with Gasteiger partial charge in [-0.15, -0.1) is 0 Å². The van der Waals surface area contributed by atoms with Crippen molar-refractivity contribution >= 4 is 29.6 Å². The Morgan fingerprint density at radius 1 is 1.21 bits per heavy atom. The normalized spacial score (nSPS) is 25.1. The van der Waals surface area contributed by atoms with Gasteiger partial charge < -0.3 is 25.4 Å². The molecule has 34 heavy (non-hydrogen) atoms. The van der Waals surface area contributed by atoms with Gasteiger partial charge in [0, 0.05) is 29.6 Å². The maximum Gasteiger partial charge on any atom is 0.407 e. The molecule has 1 saturated carbocycles. The number of alkyl carbamates (subject to hydrolysis) is 1. The smallest absolute Gasteiger partial charge is 0.407 e. The van der Waals surface area contributed by atoms with Gasteiger partial charge in [0.25, 0.3) is 0 Å². The van der Waals surface area contributed by atoms with Crippen LogP contribution in [-0.2, 0) is 19.7 Å². The van der Waals surface area contributed by atoms with E-state index in [1.54, 1.807) is 0 Å². The molecule has 0 aromatic heterocycles. The van der Waals surface area contributed by atoms with Crippen molar-refractivity contribution in [3.05, 3.63) is 34.9 Å². The summed E-state index contributed by atoms with van der Waals surface area (Å²) in [7, 11) is 0. The summed E-state index contributed by atoms with van der Waals surface area (Å²) >= 11 is 6.28. The predicted octanol–water partition coefficient (Wildman–Crippen LogP) is 3.71. The molecule has 9 heteroatoms. The lowest BCUT2D eigenvalue weighted by Gasteiger charge is -2.41. The van der Waals surface area contributed by atoms with E-state index in [1.165, 1.54) is 4.90 Å². The molecule has 8 nitrogen and oxygen atoms in total. The Morgan fingerprint density at radius 3 is 2.53 bits per heavy atom. The Morgan fingerprint density at radius 2 is 1.91 bits per heavy atom. The van der Waals surface area contributed by atoms with Gasteiger partial charge in [-0.2, -0.15) is 0 Å². The minimum absolute atomic E-state index is 0.134. The number of halogens is 1. The highest BCUT2D eigenvalue weighted by molar-refractivity contribution is 6.30. The van der Waals surface area contributed by atoms with Gasteiger partial charge in [-0.25, -0.2) is 9.59 Å². The Bertz CT molecular complexity index is 893. The van der Waals surface area contributed by atoms with E-state index in [0.29, 0.717) is 24.5 Å². The fraction of sp³-hybridized carbons (Fsp3) is 0.640. The highest BCUT2D eigenvalue weighted by Gasteiger charge is 2.38. The molecular weight excluding hydrogens is 458 g/mol. The van der Waals surface area contributed by atoms with Crippen LogP contribution < -0.4 is 10.6 Å². The van der Waals surface area contributed by atoms with Crippen LogP contribution in [0.2, 0.25) is 5.02 Å². The second kappa shape index (κ2) is 11.0. The van der Waals surface area contributed by atoms with Crippen LogP contribution in [0.3, 0.4) is 0 Å². The number of carbonyl (C=O) groups excluding carboxylic acids is 2. The van der Waals surface area contributed by atoms with E-state index in [9.17, 15) is 19.5 Å². The number of rotatable bonds is 7.